The topological polar surface area (TPSA) is 61.8 Å². The van der Waals surface area contributed by atoms with Crippen molar-refractivity contribution in [2.45, 2.75) is 20.0 Å². The normalized spacial score (nSPS) is 16.7. The number of ether oxygens (including phenoxy) is 1. The highest BCUT2D eigenvalue weighted by atomic mass is 19.1. The maximum atomic E-state index is 13.9. The molecule has 1 aromatic carbocycles. The second-order valence-electron chi connectivity index (χ2n) is 7.53. The molecule has 0 saturated carbocycles. The van der Waals surface area contributed by atoms with Crippen LogP contribution in [0.4, 0.5) is 10.3 Å². The van der Waals surface area contributed by atoms with Crippen molar-refractivity contribution in [1.29, 1.82) is 0 Å². The van der Waals surface area contributed by atoms with Crippen molar-refractivity contribution in [3.63, 3.8) is 0 Å². The van der Waals surface area contributed by atoms with Gasteiger partial charge >= 0.3 is 0 Å². The van der Waals surface area contributed by atoms with Gasteiger partial charge in [0.15, 0.2) is 0 Å². The second-order valence-corrected chi connectivity index (χ2v) is 7.53. The van der Waals surface area contributed by atoms with Crippen LogP contribution >= 0.6 is 0 Å². The van der Waals surface area contributed by atoms with E-state index >= 15 is 0 Å². The van der Waals surface area contributed by atoms with Gasteiger partial charge < -0.3 is 14.5 Å². The van der Waals surface area contributed by atoms with Crippen molar-refractivity contribution >= 4 is 11.9 Å². The average molecular weight is 416 g/mol. The van der Waals surface area contributed by atoms with E-state index in [0.29, 0.717) is 49.0 Å². The Balaban J connectivity index is 1.91. The van der Waals surface area contributed by atoms with Crippen LogP contribution < -0.4 is 4.90 Å². The molecule has 1 saturated heterocycles. The van der Waals surface area contributed by atoms with Gasteiger partial charge in [-0.1, -0.05) is 26.0 Å². The molecule has 1 aromatic heterocycles. The molecule has 0 N–H and O–H groups in total. The maximum Gasteiger partial charge on any atom is 0.236 e. The molecular weight excluding hydrogens is 385 g/mol. The third kappa shape index (κ3) is 5.12. The van der Waals surface area contributed by atoms with Crippen LogP contribution in [0.15, 0.2) is 30.5 Å². The maximum absolute atomic E-state index is 13.9. The number of likely N-dealkylation sites (N-methyl/N-ethyl adjacent to an activating group) is 1. The van der Waals surface area contributed by atoms with E-state index in [0.717, 1.165) is 13.1 Å². The SMILES string of the molecule is CCN(CC)CC(=O)N1CCO[C@H](c2nc(N(C)C)ncc2-c2cccc(F)c2)C1. The number of carbonyl (C=O) groups is 1. The fraction of sp³-hybridized carbons (Fsp3) is 0.500. The number of hydrogen-bond acceptors (Lipinski definition) is 6. The Labute approximate surface area is 177 Å². The van der Waals surface area contributed by atoms with E-state index in [-0.39, 0.29) is 11.7 Å². The minimum absolute atomic E-state index is 0.0844. The molecule has 1 amide bonds. The molecule has 8 heteroatoms. The average Bonchev–Trinajstić information content (AvgIpc) is 2.77. The number of rotatable bonds is 7. The standard InChI is InChI=1S/C22H30FN5O2/c1-5-27(6-2)15-20(29)28-10-11-30-19(14-28)21-18(13-24-22(25-21)26(3)4)16-8-7-9-17(23)12-16/h7-9,12-13,19H,5-6,10-11,14-15H2,1-4H3/t19-/m0/s1. The van der Waals surface area contributed by atoms with Crippen molar-refractivity contribution in [1.82, 2.24) is 19.8 Å². The molecule has 2 heterocycles. The van der Waals surface area contributed by atoms with E-state index < -0.39 is 6.10 Å². The highest BCUT2D eigenvalue weighted by Crippen LogP contribution is 2.31. The molecule has 1 aliphatic heterocycles. The molecular formula is C22H30FN5O2. The molecule has 0 unspecified atom stereocenters. The van der Waals surface area contributed by atoms with E-state index in [2.05, 4.69) is 9.88 Å². The molecule has 1 aliphatic rings. The summed E-state index contributed by atoms with van der Waals surface area (Å²) in [6.07, 6.45) is 1.30. The summed E-state index contributed by atoms with van der Waals surface area (Å²) in [5.74, 6) is 0.303. The first-order valence-corrected chi connectivity index (χ1v) is 10.3. The van der Waals surface area contributed by atoms with Crippen LogP contribution in [-0.4, -0.2) is 79.1 Å². The number of benzene rings is 1. The zero-order valence-electron chi connectivity index (χ0n) is 18.1. The van der Waals surface area contributed by atoms with Crippen molar-refractivity contribution < 1.29 is 13.9 Å². The number of morpholine rings is 1. The van der Waals surface area contributed by atoms with Gasteiger partial charge in [-0.05, 0) is 30.8 Å². The van der Waals surface area contributed by atoms with Gasteiger partial charge in [-0.25, -0.2) is 14.4 Å². The van der Waals surface area contributed by atoms with E-state index in [1.165, 1.54) is 12.1 Å². The van der Waals surface area contributed by atoms with Gasteiger partial charge in [-0.15, -0.1) is 0 Å². The molecule has 0 bridgehead atoms. The van der Waals surface area contributed by atoms with Crippen LogP contribution in [0, 0.1) is 5.82 Å². The van der Waals surface area contributed by atoms with Gasteiger partial charge in [0, 0.05) is 32.4 Å². The third-order valence-electron chi connectivity index (χ3n) is 5.32. The molecule has 0 spiro atoms. The van der Waals surface area contributed by atoms with E-state index in [1.54, 1.807) is 12.3 Å². The number of anilines is 1. The van der Waals surface area contributed by atoms with Crippen LogP contribution in [0.2, 0.25) is 0 Å². The van der Waals surface area contributed by atoms with E-state index in [1.807, 2.05) is 43.8 Å². The molecule has 0 aliphatic carbocycles. The Bertz CT molecular complexity index is 872. The lowest BCUT2D eigenvalue weighted by Gasteiger charge is -2.34. The largest absolute Gasteiger partial charge is 0.368 e. The minimum Gasteiger partial charge on any atom is -0.368 e. The van der Waals surface area contributed by atoms with Crippen molar-refractivity contribution in [2.24, 2.45) is 0 Å². The molecule has 7 nitrogen and oxygen atoms in total. The number of hydrogen-bond donors (Lipinski definition) is 0. The molecule has 3 rings (SSSR count). The Morgan fingerprint density at radius 2 is 2.07 bits per heavy atom. The Morgan fingerprint density at radius 3 is 2.73 bits per heavy atom. The fourth-order valence-corrected chi connectivity index (χ4v) is 3.50. The lowest BCUT2D eigenvalue weighted by Crippen LogP contribution is -2.46. The van der Waals surface area contributed by atoms with Gasteiger partial charge in [0.05, 0.1) is 25.4 Å². The zero-order chi connectivity index (χ0) is 21.7. The molecule has 162 valence electrons. The highest BCUT2D eigenvalue weighted by molar-refractivity contribution is 5.78. The zero-order valence-corrected chi connectivity index (χ0v) is 18.1. The summed E-state index contributed by atoms with van der Waals surface area (Å²) in [7, 11) is 3.73. The van der Waals surface area contributed by atoms with Gasteiger partial charge in [-0.3, -0.25) is 9.69 Å². The third-order valence-corrected chi connectivity index (χ3v) is 5.32. The molecule has 2 aromatic rings. The summed E-state index contributed by atoms with van der Waals surface area (Å²) in [5.41, 5.74) is 2.06. The Kier molecular flexibility index (Phi) is 7.33. The van der Waals surface area contributed by atoms with Crippen molar-refractivity contribution in [3.8, 4) is 11.1 Å². The first-order chi connectivity index (χ1) is 14.4. The van der Waals surface area contributed by atoms with E-state index in [9.17, 15) is 9.18 Å². The van der Waals surface area contributed by atoms with Gasteiger partial charge in [0.1, 0.15) is 11.9 Å². The predicted octanol–water partition coefficient (Wildman–Crippen LogP) is 2.59. The van der Waals surface area contributed by atoms with Crippen molar-refractivity contribution in [2.75, 3.05) is 58.3 Å². The fourth-order valence-electron chi connectivity index (χ4n) is 3.50. The number of aromatic nitrogens is 2. The molecule has 1 atom stereocenters. The summed E-state index contributed by atoms with van der Waals surface area (Å²) >= 11 is 0. The highest BCUT2D eigenvalue weighted by Gasteiger charge is 2.29. The Hall–Kier alpha value is -2.58. The predicted molar refractivity (Wildman–Crippen MR) is 115 cm³/mol. The van der Waals surface area contributed by atoms with Gasteiger partial charge in [0.25, 0.3) is 0 Å². The lowest BCUT2D eigenvalue weighted by atomic mass is 10.0. The van der Waals surface area contributed by atoms with Crippen molar-refractivity contribution in [3.05, 3.63) is 42.0 Å². The molecule has 0 radical (unpaired) electrons. The van der Waals surface area contributed by atoms with Crippen LogP contribution in [0.25, 0.3) is 11.1 Å². The smallest absolute Gasteiger partial charge is 0.236 e. The summed E-state index contributed by atoms with van der Waals surface area (Å²) in [6, 6.07) is 6.36. The summed E-state index contributed by atoms with van der Waals surface area (Å²) in [6.45, 7) is 7.54. The van der Waals surface area contributed by atoms with Crippen LogP contribution in [0.1, 0.15) is 25.6 Å². The number of amides is 1. The van der Waals surface area contributed by atoms with Gasteiger partial charge in [0.2, 0.25) is 11.9 Å². The van der Waals surface area contributed by atoms with E-state index in [4.69, 9.17) is 9.72 Å². The van der Waals surface area contributed by atoms with Gasteiger partial charge in [-0.2, -0.15) is 0 Å². The number of halogens is 1. The number of carbonyl (C=O) groups excluding carboxylic acids is 1. The molecule has 30 heavy (non-hydrogen) atoms. The van der Waals surface area contributed by atoms with Crippen LogP contribution in [0.5, 0.6) is 0 Å². The Morgan fingerprint density at radius 1 is 1.30 bits per heavy atom. The summed E-state index contributed by atoms with van der Waals surface area (Å²) < 4.78 is 19.9. The quantitative estimate of drug-likeness (QED) is 0.693. The monoisotopic (exact) mass is 415 g/mol. The first-order valence-electron chi connectivity index (χ1n) is 10.3. The second kappa shape index (κ2) is 9.95. The van der Waals surface area contributed by atoms with Crippen LogP contribution in [-0.2, 0) is 9.53 Å². The minimum atomic E-state index is -0.403. The first kappa shape index (κ1) is 22.1. The summed E-state index contributed by atoms with van der Waals surface area (Å²) in [5, 5.41) is 0. The lowest BCUT2D eigenvalue weighted by molar-refractivity contribution is -0.140. The number of nitrogens with zero attached hydrogens (tertiary/aromatic N) is 5. The van der Waals surface area contributed by atoms with Crippen LogP contribution in [0.3, 0.4) is 0 Å². The summed E-state index contributed by atoms with van der Waals surface area (Å²) in [4.78, 5) is 27.7. The molecule has 1 fully saturated rings.